The predicted molar refractivity (Wildman–Crippen MR) is 111 cm³/mol. The smallest absolute Gasteiger partial charge is 0.130 e. The summed E-state index contributed by atoms with van der Waals surface area (Å²) in [5, 5.41) is 0. The second-order valence-electron chi connectivity index (χ2n) is 7.64. The first kappa shape index (κ1) is 20.2. The minimum Gasteiger partial charge on any atom is -0.207 e. The molecule has 0 aromatic heterocycles. The molecule has 0 unspecified atom stereocenters. The quantitative estimate of drug-likeness (QED) is 0.517. The topological polar surface area (TPSA) is 0 Å². The van der Waals surface area contributed by atoms with Crippen LogP contribution in [0, 0.1) is 41.2 Å². The summed E-state index contributed by atoms with van der Waals surface area (Å²) in [6.45, 7) is 4.23. The van der Waals surface area contributed by atoms with Crippen molar-refractivity contribution in [1.82, 2.24) is 0 Å². The van der Waals surface area contributed by atoms with Crippen molar-refractivity contribution in [2.75, 3.05) is 0 Å². The summed E-state index contributed by atoms with van der Waals surface area (Å²) in [7, 11) is 0. The van der Waals surface area contributed by atoms with Gasteiger partial charge in [-0.15, -0.1) is 5.92 Å². The van der Waals surface area contributed by atoms with Gasteiger partial charge in [0.25, 0.3) is 0 Å². The third kappa shape index (κ3) is 5.24. The molecule has 28 heavy (non-hydrogen) atoms. The van der Waals surface area contributed by atoms with Gasteiger partial charge >= 0.3 is 0 Å². The second-order valence-corrected chi connectivity index (χ2v) is 7.64. The summed E-state index contributed by atoms with van der Waals surface area (Å²) in [4.78, 5) is 0. The summed E-state index contributed by atoms with van der Waals surface area (Å²) in [6, 6.07) is 10.6. The molecule has 0 radical (unpaired) electrons. The fraction of sp³-hybridized carbons (Fsp3) is 0.385. The van der Waals surface area contributed by atoms with Crippen molar-refractivity contribution in [3.8, 4) is 23.7 Å². The van der Waals surface area contributed by atoms with Crippen LogP contribution >= 0.6 is 0 Å². The van der Waals surface area contributed by atoms with Crippen molar-refractivity contribution in [3.05, 3.63) is 70.3 Å². The molecule has 0 atom stereocenters. The van der Waals surface area contributed by atoms with Gasteiger partial charge in [-0.2, -0.15) is 0 Å². The Balaban J connectivity index is 1.73. The Morgan fingerprint density at radius 3 is 2.07 bits per heavy atom. The maximum absolute atomic E-state index is 14.6. The van der Waals surface area contributed by atoms with Crippen LogP contribution in [0.25, 0.3) is 0 Å². The van der Waals surface area contributed by atoms with Crippen LogP contribution in [0.15, 0.2) is 36.4 Å². The third-order valence-electron chi connectivity index (χ3n) is 5.40. The molecule has 144 valence electrons. The fourth-order valence-electron chi connectivity index (χ4n) is 3.74. The van der Waals surface area contributed by atoms with Gasteiger partial charge in [0, 0.05) is 29.5 Å². The van der Waals surface area contributed by atoms with Gasteiger partial charge in [-0.1, -0.05) is 56.6 Å². The lowest BCUT2D eigenvalue weighted by atomic mass is 9.79. The SMILES string of the molecule is CCC#CCc1ccc(C#Cc2cc(F)c(C3CCC(C)CC3)c(F)c2)cc1. The molecule has 0 nitrogen and oxygen atoms in total. The van der Waals surface area contributed by atoms with Crippen LogP contribution < -0.4 is 0 Å². The molecule has 0 bridgehead atoms. The van der Waals surface area contributed by atoms with E-state index in [4.69, 9.17) is 0 Å². The van der Waals surface area contributed by atoms with Crippen LogP contribution in [0.2, 0.25) is 0 Å². The van der Waals surface area contributed by atoms with Crippen LogP contribution in [0.1, 0.15) is 74.1 Å². The third-order valence-corrected chi connectivity index (χ3v) is 5.40. The van der Waals surface area contributed by atoms with Crippen LogP contribution in [-0.2, 0) is 6.42 Å². The molecule has 3 rings (SSSR count). The van der Waals surface area contributed by atoms with E-state index in [9.17, 15) is 8.78 Å². The van der Waals surface area contributed by atoms with Crippen molar-refractivity contribution in [1.29, 1.82) is 0 Å². The number of benzene rings is 2. The van der Waals surface area contributed by atoms with E-state index in [-0.39, 0.29) is 11.5 Å². The standard InChI is InChI=1S/C26H26F2/c1-3-4-5-6-20-9-11-21(12-10-20)13-14-22-17-24(27)26(25(28)18-22)23-15-7-19(2)8-16-23/h9-12,17-19,23H,3,6-8,15-16H2,1-2H3. The van der Waals surface area contributed by atoms with Gasteiger partial charge in [0.05, 0.1) is 0 Å². The van der Waals surface area contributed by atoms with Gasteiger partial charge in [0.15, 0.2) is 0 Å². The largest absolute Gasteiger partial charge is 0.207 e. The molecular formula is C26H26F2. The van der Waals surface area contributed by atoms with Gasteiger partial charge in [-0.05, 0) is 54.5 Å². The normalized spacial score (nSPS) is 18.6. The lowest BCUT2D eigenvalue weighted by Crippen LogP contribution is -2.13. The zero-order chi connectivity index (χ0) is 19.9. The van der Waals surface area contributed by atoms with Gasteiger partial charge < -0.3 is 0 Å². The molecule has 1 saturated carbocycles. The van der Waals surface area contributed by atoms with Gasteiger partial charge in [-0.25, -0.2) is 8.78 Å². The minimum absolute atomic E-state index is 0.0124. The molecule has 0 spiro atoms. The zero-order valence-electron chi connectivity index (χ0n) is 16.6. The van der Waals surface area contributed by atoms with E-state index in [1.54, 1.807) is 0 Å². The van der Waals surface area contributed by atoms with E-state index in [2.05, 4.69) is 30.6 Å². The van der Waals surface area contributed by atoms with E-state index in [0.29, 0.717) is 11.5 Å². The molecule has 0 amide bonds. The first-order chi connectivity index (χ1) is 13.6. The Bertz CT molecular complexity index is 901. The average Bonchev–Trinajstić information content (AvgIpc) is 2.68. The zero-order valence-corrected chi connectivity index (χ0v) is 16.6. The molecule has 2 heteroatoms. The first-order valence-corrected chi connectivity index (χ1v) is 10.1. The molecule has 0 aliphatic heterocycles. The fourth-order valence-corrected chi connectivity index (χ4v) is 3.74. The molecule has 2 aromatic carbocycles. The lowest BCUT2D eigenvalue weighted by Gasteiger charge is -2.27. The van der Waals surface area contributed by atoms with E-state index in [0.717, 1.165) is 49.7 Å². The Hall–Kier alpha value is -2.58. The molecule has 0 heterocycles. The van der Waals surface area contributed by atoms with Gasteiger partial charge in [0.1, 0.15) is 11.6 Å². The highest BCUT2D eigenvalue weighted by Crippen LogP contribution is 2.38. The van der Waals surface area contributed by atoms with E-state index < -0.39 is 11.6 Å². The van der Waals surface area contributed by atoms with Crippen LogP contribution in [0.5, 0.6) is 0 Å². The van der Waals surface area contributed by atoms with E-state index in [1.165, 1.54) is 12.1 Å². The summed E-state index contributed by atoms with van der Waals surface area (Å²) in [6.07, 6.45) is 5.36. The highest BCUT2D eigenvalue weighted by Gasteiger charge is 2.25. The van der Waals surface area contributed by atoms with Crippen LogP contribution in [0.4, 0.5) is 8.78 Å². The van der Waals surface area contributed by atoms with E-state index >= 15 is 0 Å². The monoisotopic (exact) mass is 376 g/mol. The highest BCUT2D eigenvalue weighted by molar-refractivity contribution is 5.45. The van der Waals surface area contributed by atoms with Gasteiger partial charge in [-0.3, -0.25) is 0 Å². The number of hydrogen-bond donors (Lipinski definition) is 0. The highest BCUT2D eigenvalue weighted by atomic mass is 19.1. The summed E-state index contributed by atoms with van der Waals surface area (Å²) in [5.41, 5.74) is 2.57. The number of rotatable bonds is 2. The second kappa shape index (κ2) is 9.57. The Morgan fingerprint density at radius 2 is 1.46 bits per heavy atom. The molecule has 0 N–H and O–H groups in total. The Morgan fingerprint density at radius 1 is 0.857 bits per heavy atom. The molecule has 1 fully saturated rings. The van der Waals surface area contributed by atoms with Crippen LogP contribution in [0.3, 0.4) is 0 Å². The molecule has 2 aromatic rings. The Kier molecular flexibility index (Phi) is 6.89. The Labute approximate surface area is 167 Å². The van der Waals surface area contributed by atoms with Crippen molar-refractivity contribution >= 4 is 0 Å². The van der Waals surface area contributed by atoms with E-state index in [1.807, 2.05) is 31.2 Å². The molecular weight excluding hydrogens is 350 g/mol. The molecule has 1 aliphatic carbocycles. The number of hydrogen-bond acceptors (Lipinski definition) is 0. The maximum atomic E-state index is 14.6. The maximum Gasteiger partial charge on any atom is 0.130 e. The minimum atomic E-state index is -0.464. The van der Waals surface area contributed by atoms with Gasteiger partial charge in [0.2, 0.25) is 0 Å². The molecule has 1 aliphatic rings. The average molecular weight is 376 g/mol. The van der Waals surface area contributed by atoms with Crippen molar-refractivity contribution in [2.24, 2.45) is 5.92 Å². The number of halogens is 2. The summed E-state index contributed by atoms with van der Waals surface area (Å²) >= 11 is 0. The summed E-state index contributed by atoms with van der Waals surface area (Å²) in [5.74, 6) is 11.8. The first-order valence-electron chi connectivity index (χ1n) is 10.1. The van der Waals surface area contributed by atoms with Crippen molar-refractivity contribution in [3.63, 3.8) is 0 Å². The summed E-state index contributed by atoms with van der Waals surface area (Å²) < 4.78 is 29.2. The van der Waals surface area contributed by atoms with Crippen LogP contribution in [-0.4, -0.2) is 0 Å². The van der Waals surface area contributed by atoms with Crippen molar-refractivity contribution in [2.45, 2.75) is 58.3 Å². The molecule has 0 saturated heterocycles. The lowest BCUT2D eigenvalue weighted by molar-refractivity contribution is 0.335. The van der Waals surface area contributed by atoms with Crippen molar-refractivity contribution < 1.29 is 8.78 Å². The predicted octanol–water partition coefficient (Wildman–Crippen LogP) is 6.61.